The molecule has 1 aromatic rings. The molecule has 0 bridgehead atoms. The number of rotatable bonds is 4. The van der Waals surface area contributed by atoms with Crippen LogP contribution in [0.1, 0.15) is 24.9 Å². The van der Waals surface area contributed by atoms with Crippen LogP contribution < -0.4 is 5.32 Å². The van der Waals surface area contributed by atoms with Gasteiger partial charge in [0.1, 0.15) is 5.01 Å². The quantitative estimate of drug-likeness (QED) is 0.878. The van der Waals surface area contributed by atoms with E-state index >= 15 is 0 Å². The Balaban J connectivity index is 1.79. The molecule has 2 heterocycles. The van der Waals surface area contributed by atoms with E-state index in [1.165, 1.54) is 11.3 Å². The minimum Gasteiger partial charge on any atom is -0.481 e. The molecule has 1 fully saturated rings. The van der Waals surface area contributed by atoms with Gasteiger partial charge in [-0.15, -0.1) is 11.3 Å². The Morgan fingerprint density at radius 2 is 2.21 bits per heavy atom. The molecule has 19 heavy (non-hydrogen) atoms. The van der Waals surface area contributed by atoms with Gasteiger partial charge in [-0.3, -0.25) is 4.79 Å². The van der Waals surface area contributed by atoms with Gasteiger partial charge < -0.3 is 15.3 Å². The van der Waals surface area contributed by atoms with E-state index in [1.54, 1.807) is 18.0 Å². The highest BCUT2D eigenvalue weighted by Gasteiger charge is 2.37. The molecule has 2 unspecified atom stereocenters. The Morgan fingerprint density at radius 3 is 2.74 bits per heavy atom. The number of hydrogen-bond acceptors (Lipinski definition) is 4. The summed E-state index contributed by atoms with van der Waals surface area (Å²) in [4.78, 5) is 28.5. The molecule has 0 spiro atoms. The van der Waals surface area contributed by atoms with Crippen LogP contribution in [-0.4, -0.2) is 40.1 Å². The summed E-state index contributed by atoms with van der Waals surface area (Å²) in [6.45, 7) is 4.57. The van der Waals surface area contributed by atoms with Gasteiger partial charge in [0.05, 0.1) is 12.0 Å². The first-order chi connectivity index (χ1) is 8.99. The molecule has 0 saturated carbocycles. The molecule has 2 rings (SSSR count). The first-order valence-electron chi connectivity index (χ1n) is 6.16. The van der Waals surface area contributed by atoms with Crippen molar-refractivity contribution in [2.75, 3.05) is 13.1 Å². The van der Waals surface area contributed by atoms with Crippen LogP contribution in [0.25, 0.3) is 0 Å². The Bertz CT molecular complexity index is 457. The van der Waals surface area contributed by atoms with E-state index in [-0.39, 0.29) is 18.0 Å². The fourth-order valence-corrected chi connectivity index (χ4v) is 2.63. The molecular weight excluding hydrogens is 266 g/mol. The van der Waals surface area contributed by atoms with Gasteiger partial charge in [0, 0.05) is 30.6 Å². The Kier molecular flexibility index (Phi) is 4.04. The standard InChI is InChI=1S/C12H17N3O3S/c1-7(11(16)17)9-5-15(6-9)12(18)14-8(2)10-13-3-4-19-10/h3-4,7-9H,5-6H2,1-2H3,(H,14,18)(H,16,17). The van der Waals surface area contributed by atoms with Gasteiger partial charge in [-0.1, -0.05) is 6.92 Å². The van der Waals surface area contributed by atoms with Gasteiger partial charge in [0.2, 0.25) is 0 Å². The van der Waals surface area contributed by atoms with Gasteiger partial charge in [-0.2, -0.15) is 0 Å². The highest BCUT2D eigenvalue weighted by molar-refractivity contribution is 7.09. The summed E-state index contributed by atoms with van der Waals surface area (Å²) in [5.41, 5.74) is 0. The van der Waals surface area contributed by atoms with E-state index in [4.69, 9.17) is 5.11 Å². The van der Waals surface area contributed by atoms with Crippen molar-refractivity contribution in [3.05, 3.63) is 16.6 Å². The molecule has 6 nitrogen and oxygen atoms in total. The number of carboxylic acid groups (broad SMARTS) is 1. The van der Waals surface area contributed by atoms with Crippen LogP contribution in [0, 0.1) is 11.8 Å². The molecule has 2 amide bonds. The van der Waals surface area contributed by atoms with Crippen molar-refractivity contribution in [3.63, 3.8) is 0 Å². The zero-order valence-electron chi connectivity index (χ0n) is 10.9. The van der Waals surface area contributed by atoms with Gasteiger partial charge in [0.25, 0.3) is 0 Å². The lowest BCUT2D eigenvalue weighted by atomic mass is 9.87. The molecule has 1 aliphatic heterocycles. The Labute approximate surface area is 115 Å². The van der Waals surface area contributed by atoms with Crippen LogP contribution in [-0.2, 0) is 4.79 Å². The van der Waals surface area contributed by atoms with Crippen molar-refractivity contribution >= 4 is 23.3 Å². The molecule has 1 saturated heterocycles. The zero-order valence-corrected chi connectivity index (χ0v) is 11.7. The minimum absolute atomic E-state index is 0.0541. The monoisotopic (exact) mass is 283 g/mol. The van der Waals surface area contributed by atoms with Crippen molar-refractivity contribution < 1.29 is 14.7 Å². The summed E-state index contributed by atoms with van der Waals surface area (Å²) >= 11 is 1.50. The summed E-state index contributed by atoms with van der Waals surface area (Å²) in [7, 11) is 0. The fraction of sp³-hybridized carbons (Fsp3) is 0.583. The van der Waals surface area contributed by atoms with Crippen molar-refractivity contribution in [2.24, 2.45) is 11.8 Å². The normalized spacial score (nSPS) is 18.5. The molecule has 0 aromatic carbocycles. The molecule has 104 valence electrons. The predicted octanol–water partition coefficient (Wildman–Crippen LogP) is 1.57. The minimum atomic E-state index is -0.804. The van der Waals surface area contributed by atoms with Crippen molar-refractivity contribution in [1.29, 1.82) is 0 Å². The number of nitrogens with zero attached hydrogens (tertiary/aromatic N) is 2. The fourth-order valence-electron chi connectivity index (χ4n) is 1.98. The second kappa shape index (κ2) is 5.56. The number of thiazole rings is 1. The first-order valence-corrected chi connectivity index (χ1v) is 7.04. The SMILES string of the molecule is CC(NC(=O)N1CC(C(C)C(=O)O)C1)c1nccs1. The van der Waals surface area contributed by atoms with Crippen LogP contribution in [0.3, 0.4) is 0 Å². The average molecular weight is 283 g/mol. The number of amides is 2. The van der Waals surface area contributed by atoms with Crippen molar-refractivity contribution in [3.8, 4) is 0 Å². The largest absolute Gasteiger partial charge is 0.481 e. The van der Waals surface area contributed by atoms with E-state index < -0.39 is 11.9 Å². The first kappa shape index (κ1) is 13.8. The number of urea groups is 1. The second-order valence-corrected chi connectivity index (χ2v) is 5.76. The van der Waals surface area contributed by atoms with E-state index in [0.717, 1.165) is 5.01 Å². The molecular formula is C12H17N3O3S. The summed E-state index contributed by atoms with van der Waals surface area (Å²) in [6.07, 6.45) is 1.71. The number of carboxylic acids is 1. The van der Waals surface area contributed by atoms with Crippen LogP contribution in [0.5, 0.6) is 0 Å². The third-order valence-electron chi connectivity index (χ3n) is 3.46. The molecule has 2 N–H and O–H groups in total. The van der Waals surface area contributed by atoms with Crippen LogP contribution in [0.4, 0.5) is 4.79 Å². The van der Waals surface area contributed by atoms with E-state index in [9.17, 15) is 9.59 Å². The van der Waals surface area contributed by atoms with Crippen molar-refractivity contribution in [2.45, 2.75) is 19.9 Å². The second-order valence-electron chi connectivity index (χ2n) is 4.83. The number of aliphatic carboxylic acids is 1. The number of aromatic nitrogens is 1. The highest BCUT2D eigenvalue weighted by Crippen LogP contribution is 2.24. The van der Waals surface area contributed by atoms with Crippen LogP contribution >= 0.6 is 11.3 Å². The number of likely N-dealkylation sites (tertiary alicyclic amines) is 1. The zero-order chi connectivity index (χ0) is 14.0. The molecule has 2 atom stereocenters. The maximum atomic E-state index is 11.9. The summed E-state index contributed by atoms with van der Waals surface area (Å²) < 4.78 is 0. The molecule has 0 radical (unpaired) electrons. The van der Waals surface area contributed by atoms with Crippen molar-refractivity contribution in [1.82, 2.24) is 15.2 Å². The van der Waals surface area contributed by atoms with Gasteiger partial charge in [0.15, 0.2) is 0 Å². The van der Waals surface area contributed by atoms with Gasteiger partial charge in [-0.05, 0) is 6.92 Å². The van der Waals surface area contributed by atoms with Crippen LogP contribution in [0.15, 0.2) is 11.6 Å². The summed E-state index contributed by atoms with van der Waals surface area (Å²) in [5.74, 6) is -1.15. The number of carbonyl (C=O) groups is 2. The topological polar surface area (TPSA) is 82.5 Å². The smallest absolute Gasteiger partial charge is 0.317 e. The molecule has 0 aliphatic carbocycles. The third-order valence-corrected chi connectivity index (χ3v) is 4.41. The number of hydrogen-bond donors (Lipinski definition) is 2. The molecule has 1 aliphatic rings. The van der Waals surface area contributed by atoms with E-state index in [1.807, 2.05) is 12.3 Å². The maximum absolute atomic E-state index is 11.9. The number of nitrogens with one attached hydrogen (secondary N) is 1. The lowest BCUT2D eigenvalue weighted by Crippen LogP contribution is -2.56. The molecule has 7 heteroatoms. The van der Waals surface area contributed by atoms with E-state index in [0.29, 0.717) is 13.1 Å². The average Bonchev–Trinajstić information content (AvgIpc) is 2.79. The van der Waals surface area contributed by atoms with Gasteiger partial charge >= 0.3 is 12.0 Å². The lowest BCUT2D eigenvalue weighted by molar-refractivity contribution is -0.144. The highest BCUT2D eigenvalue weighted by atomic mass is 32.1. The lowest BCUT2D eigenvalue weighted by Gasteiger charge is -2.41. The maximum Gasteiger partial charge on any atom is 0.317 e. The van der Waals surface area contributed by atoms with Gasteiger partial charge in [-0.25, -0.2) is 9.78 Å². The Morgan fingerprint density at radius 1 is 1.53 bits per heavy atom. The number of carbonyl (C=O) groups excluding carboxylic acids is 1. The molecule has 1 aromatic heterocycles. The summed E-state index contributed by atoms with van der Waals surface area (Å²) in [5, 5.41) is 14.5. The Hall–Kier alpha value is -1.63. The third kappa shape index (κ3) is 3.04. The summed E-state index contributed by atoms with van der Waals surface area (Å²) in [6, 6.07) is -0.278. The predicted molar refractivity (Wildman–Crippen MR) is 70.9 cm³/mol. The van der Waals surface area contributed by atoms with E-state index in [2.05, 4.69) is 10.3 Å². The van der Waals surface area contributed by atoms with Crippen LogP contribution in [0.2, 0.25) is 0 Å².